The molecule has 0 aliphatic carbocycles. The number of carbonyl (C=O) groups excluding carboxylic acids is 1. The molecule has 1 heterocycles. The summed E-state index contributed by atoms with van der Waals surface area (Å²) in [6.07, 6.45) is -3.51. The standard InChI is InChI=1S/C11H11F3N2O4/c12-11(13,14)6-20-5-3-8(17)16-9-7(10(18)19)2-1-4-15-9/h1-2,4H,3,5-6H2,(H,18,19)(H,15,16,17). The number of aromatic carboxylic acids is 1. The van der Waals surface area contributed by atoms with Crippen molar-refractivity contribution in [1.82, 2.24) is 4.98 Å². The summed E-state index contributed by atoms with van der Waals surface area (Å²) in [6.45, 7) is -1.87. The largest absolute Gasteiger partial charge is 0.478 e. The Morgan fingerprint density at radius 3 is 2.70 bits per heavy atom. The number of aromatic nitrogens is 1. The molecule has 6 nitrogen and oxygen atoms in total. The molecule has 1 amide bonds. The highest BCUT2D eigenvalue weighted by atomic mass is 19.4. The molecular formula is C11H11F3N2O4. The molecular weight excluding hydrogens is 281 g/mol. The van der Waals surface area contributed by atoms with Crippen LogP contribution in [-0.4, -0.2) is 41.4 Å². The van der Waals surface area contributed by atoms with Gasteiger partial charge in [0, 0.05) is 6.20 Å². The van der Waals surface area contributed by atoms with Crippen LogP contribution in [0.3, 0.4) is 0 Å². The zero-order chi connectivity index (χ0) is 15.2. The zero-order valence-electron chi connectivity index (χ0n) is 10.1. The molecule has 0 aliphatic rings. The minimum Gasteiger partial charge on any atom is -0.478 e. The summed E-state index contributed by atoms with van der Waals surface area (Å²) in [5, 5.41) is 11.0. The summed E-state index contributed by atoms with van der Waals surface area (Å²) < 4.78 is 39.6. The minimum atomic E-state index is -4.45. The molecule has 1 aromatic heterocycles. The lowest BCUT2D eigenvalue weighted by Gasteiger charge is -2.08. The molecule has 0 saturated carbocycles. The summed E-state index contributed by atoms with van der Waals surface area (Å²) in [5.41, 5.74) is -0.211. The molecule has 0 aliphatic heterocycles. The number of rotatable bonds is 6. The predicted molar refractivity (Wildman–Crippen MR) is 61.3 cm³/mol. The molecule has 2 N–H and O–H groups in total. The Morgan fingerprint density at radius 2 is 2.10 bits per heavy atom. The van der Waals surface area contributed by atoms with Gasteiger partial charge in [0.1, 0.15) is 18.0 Å². The van der Waals surface area contributed by atoms with Gasteiger partial charge in [0.15, 0.2) is 0 Å². The number of carboxylic acid groups (broad SMARTS) is 1. The SMILES string of the molecule is O=C(CCOCC(F)(F)F)Nc1ncccc1C(=O)O. The Morgan fingerprint density at radius 1 is 1.40 bits per heavy atom. The van der Waals surface area contributed by atoms with Crippen LogP contribution >= 0.6 is 0 Å². The van der Waals surface area contributed by atoms with Crippen LogP contribution in [0.2, 0.25) is 0 Å². The number of pyridine rings is 1. The Bertz CT molecular complexity index is 491. The van der Waals surface area contributed by atoms with E-state index in [1.807, 2.05) is 0 Å². The Hall–Kier alpha value is -2.16. The molecule has 1 rings (SSSR count). The van der Waals surface area contributed by atoms with Gasteiger partial charge >= 0.3 is 12.1 Å². The van der Waals surface area contributed by atoms with Crippen molar-refractivity contribution in [3.05, 3.63) is 23.9 Å². The van der Waals surface area contributed by atoms with Crippen molar-refractivity contribution < 1.29 is 32.6 Å². The lowest BCUT2D eigenvalue weighted by Crippen LogP contribution is -2.21. The van der Waals surface area contributed by atoms with E-state index in [4.69, 9.17) is 5.11 Å². The Labute approximate surface area is 111 Å². The normalized spacial score (nSPS) is 11.2. The number of nitrogens with zero attached hydrogens (tertiary/aromatic N) is 1. The van der Waals surface area contributed by atoms with Gasteiger partial charge in [-0.1, -0.05) is 0 Å². The topological polar surface area (TPSA) is 88.5 Å². The number of carbonyl (C=O) groups is 2. The van der Waals surface area contributed by atoms with Gasteiger partial charge in [-0.2, -0.15) is 13.2 Å². The smallest absolute Gasteiger partial charge is 0.411 e. The van der Waals surface area contributed by atoms with E-state index in [-0.39, 0.29) is 17.8 Å². The van der Waals surface area contributed by atoms with Crippen molar-refractivity contribution >= 4 is 17.7 Å². The van der Waals surface area contributed by atoms with Crippen molar-refractivity contribution in [3.63, 3.8) is 0 Å². The Balaban J connectivity index is 2.45. The fraction of sp³-hybridized carbons (Fsp3) is 0.364. The van der Waals surface area contributed by atoms with Gasteiger partial charge in [-0.15, -0.1) is 0 Å². The van der Waals surface area contributed by atoms with Crippen LogP contribution in [0.5, 0.6) is 0 Å². The summed E-state index contributed by atoms with van der Waals surface area (Å²) in [7, 11) is 0. The lowest BCUT2D eigenvalue weighted by atomic mass is 10.2. The molecule has 1 aromatic rings. The monoisotopic (exact) mass is 292 g/mol. The van der Waals surface area contributed by atoms with Gasteiger partial charge in [-0.3, -0.25) is 4.79 Å². The third-order valence-electron chi connectivity index (χ3n) is 2.04. The lowest BCUT2D eigenvalue weighted by molar-refractivity contribution is -0.174. The number of ether oxygens (including phenoxy) is 1. The van der Waals surface area contributed by atoms with E-state index in [2.05, 4.69) is 15.0 Å². The van der Waals surface area contributed by atoms with E-state index in [1.54, 1.807) is 0 Å². The maximum absolute atomic E-state index is 11.8. The van der Waals surface area contributed by atoms with Crippen LogP contribution in [0.1, 0.15) is 16.8 Å². The molecule has 9 heteroatoms. The van der Waals surface area contributed by atoms with Crippen LogP contribution in [-0.2, 0) is 9.53 Å². The van der Waals surface area contributed by atoms with Crippen molar-refractivity contribution in [1.29, 1.82) is 0 Å². The fourth-order valence-electron chi connectivity index (χ4n) is 1.22. The van der Waals surface area contributed by atoms with Crippen molar-refractivity contribution in [2.24, 2.45) is 0 Å². The number of anilines is 1. The van der Waals surface area contributed by atoms with Crippen molar-refractivity contribution in [2.45, 2.75) is 12.6 Å². The van der Waals surface area contributed by atoms with E-state index in [0.29, 0.717) is 0 Å². The number of amides is 1. The average molecular weight is 292 g/mol. The molecule has 0 spiro atoms. The first kappa shape index (κ1) is 15.9. The summed E-state index contributed by atoms with van der Waals surface area (Å²) in [5.74, 6) is -2.13. The predicted octanol–water partition coefficient (Wildman–Crippen LogP) is 1.69. The second kappa shape index (κ2) is 6.85. The van der Waals surface area contributed by atoms with Gasteiger partial charge in [0.2, 0.25) is 5.91 Å². The van der Waals surface area contributed by atoms with Crippen molar-refractivity contribution in [3.8, 4) is 0 Å². The molecule has 0 aromatic carbocycles. The first-order valence-corrected chi connectivity index (χ1v) is 5.42. The second-order valence-electron chi connectivity index (χ2n) is 3.67. The highest BCUT2D eigenvalue weighted by Crippen LogP contribution is 2.15. The van der Waals surface area contributed by atoms with Gasteiger partial charge in [0.25, 0.3) is 0 Å². The van der Waals surface area contributed by atoms with Gasteiger partial charge in [0.05, 0.1) is 13.0 Å². The number of hydrogen-bond acceptors (Lipinski definition) is 4. The Kier molecular flexibility index (Phi) is 5.44. The number of alkyl halides is 3. The fourth-order valence-corrected chi connectivity index (χ4v) is 1.22. The van der Waals surface area contributed by atoms with Crippen LogP contribution < -0.4 is 5.32 Å². The average Bonchev–Trinajstić information content (AvgIpc) is 2.34. The van der Waals surface area contributed by atoms with E-state index in [9.17, 15) is 22.8 Å². The second-order valence-corrected chi connectivity index (χ2v) is 3.67. The maximum Gasteiger partial charge on any atom is 0.411 e. The van der Waals surface area contributed by atoms with Crippen LogP contribution in [0, 0.1) is 0 Å². The van der Waals surface area contributed by atoms with Crippen molar-refractivity contribution in [2.75, 3.05) is 18.5 Å². The molecule has 20 heavy (non-hydrogen) atoms. The van der Waals surface area contributed by atoms with Gasteiger partial charge < -0.3 is 15.2 Å². The molecule has 0 fully saturated rings. The molecule has 110 valence electrons. The number of halogens is 3. The highest BCUT2D eigenvalue weighted by Gasteiger charge is 2.27. The van der Waals surface area contributed by atoms with E-state index in [1.165, 1.54) is 18.3 Å². The summed E-state index contributed by atoms with van der Waals surface area (Å²) >= 11 is 0. The number of carboxylic acids is 1. The van der Waals surface area contributed by atoms with E-state index in [0.717, 1.165) is 0 Å². The maximum atomic E-state index is 11.8. The third kappa shape index (κ3) is 5.65. The first-order valence-electron chi connectivity index (χ1n) is 5.42. The van der Waals surface area contributed by atoms with Crippen LogP contribution in [0.15, 0.2) is 18.3 Å². The number of hydrogen-bond donors (Lipinski definition) is 2. The molecule has 0 radical (unpaired) electrons. The van der Waals surface area contributed by atoms with Gasteiger partial charge in [-0.05, 0) is 12.1 Å². The van der Waals surface area contributed by atoms with Crippen LogP contribution in [0.4, 0.5) is 19.0 Å². The highest BCUT2D eigenvalue weighted by molar-refractivity contribution is 5.99. The zero-order valence-corrected chi connectivity index (χ0v) is 10.1. The third-order valence-corrected chi connectivity index (χ3v) is 2.04. The van der Waals surface area contributed by atoms with Gasteiger partial charge in [-0.25, -0.2) is 9.78 Å². The van der Waals surface area contributed by atoms with E-state index >= 15 is 0 Å². The molecule has 0 unspecified atom stereocenters. The molecule has 0 bridgehead atoms. The first-order chi connectivity index (χ1) is 9.29. The number of nitrogens with one attached hydrogen (secondary N) is 1. The van der Waals surface area contributed by atoms with Crippen LogP contribution in [0.25, 0.3) is 0 Å². The van der Waals surface area contributed by atoms with E-state index < -0.39 is 31.3 Å². The quantitative estimate of drug-likeness (QED) is 0.779. The molecule has 0 saturated heterocycles. The summed E-state index contributed by atoms with van der Waals surface area (Å²) in [6, 6.07) is 2.62. The minimum absolute atomic E-state index is 0.166. The molecule has 0 atom stereocenters. The summed E-state index contributed by atoms with van der Waals surface area (Å²) in [4.78, 5) is 25.9.